The smallest absolute Gasteiger partial charge is 0.412 e. The number of nitrogens with one attached hydrogen (secondary N) is 1. The summed E-state index contributed by atoms with van der Waals surface area (Å²) in [4.78, 5) is 11.4. The van der Waals surface area contributed by atoms with Crippen molar-refractivity contribution in [1.82, 2.24) is 4.57 Å². The summed E-state index contributed by atoms with van der Waals surface area (Å²) < 4.78 is 6.85. The zero-order valence-electron chi connectivity index (χ0n) is 10.1. The van der Waals surface area contributed by atoms with Crippen LogP contribution in [0.15, 0.2) is 12.3 Å². The highest BCUT2D eigenvalue weighted by Gasteiger charge is 2.16. The van der Waals surface area contributed by atoms with Gasteiger partial charge in [0.05, 0.1) is 12.3 Å². The van der Waals surface area contributed by atoms with Gasteiger partial charge >= 0.3 is 6.09 Å². The zero-order chi connectivity index (χ0) is 12.3. The van der Waals surface area contributed by atoms with Crippen LogP contribution in [0.4, 0.5) is 10.5 Å². The lowest BCUT2D eigenvalue weighted by Gasteiger charge is -2.19. The summed E-state index contributed by atoms with van der Waals surface area (Å²) in [6, 6.07) is 1.70. The molecule has 0 atom stereocenters. The Bertz CT molecular complexity index is 377. The molecule has 0 fully saturated rings. The minimum absolute atomic E-state index is 0.0630. The highest BCUT2D eigenvalue weighted by molar-refractivity contribution is 5.84. The van der Waals surface area contributed by atoms with E-state index in [2.05, 4.69) is 5.32 Å². The number of hydrogen-bond donors (Lipinski definition) is 2. The van der Waals surface area contributed by atoms with Crippen molar-refractivity contribution >= 4 is 11.8 Å². The molecule has 0 radical (unpaired) electrons. The van der Waals surface area contributed by atoms with Crippen molar-refractivity contribution in [3.8, 4) is 0 Å². The third-order valence-corrected chi connectivity index (χ3v) is 1.92. The van der Waals surface area contributed by atoms with Crippen LogP contribution in [0.1, 0.15) is 26.5 Å². The minimum Gasteiger partial charge on any atom is -0.444 e. The summed E-state index contributed by atoms with van der Waals surface area (Å²) in [6.45, 7) is 5.34. The second-order valence-corrected chi connectivity index (χ2v) is 4.62. The normalized spacial score (nSPS) is 11.3. The van der Waals surface area contributed by atoms with Crippen LogP contribution in [0.25, 0.3) is 0 Å². The molecule has 1 aromatic rings. The molecule has 0 saturated heterocycles. The number of aryl methyl sites for hydroxylation is 1. The third-order valence-electron chi connectivity index (χ3n) is 1.92. The summed E-state index contributed by atoms with van der Waals surface area (Å²) in [5, 5.41) is 11.6. The molecule has 0 bridgehead atoms. The van der Waals surface area contributed by atoms with E-state index in [1.165, 1.54) is 0 Å². The molecule has 5 heteroatoms. The number of amides is 1. The average Bonchev–Trinajstić information content (AvgIpc) is 2.42. The Morgan fingerprint density at radius 2 is 2.19 bits per heavy atom. The van der Waals surface area contributed by atoms with Gasteiger partial charge in [0.15, 0.2) is 0 Å². The monoisotopic (exact) mass is 226 g/mol. The Morgan fingerprint density at radius 1 is 1.56 bits per heavy atom. The van der Waals surface area contributed by atoms with Crippen LogP contribution in [-0.2, 0) is 18.4 Å². The number of aromatic nitrogens is 1. The first-order valence-corrected chi connectivity index (χ1v) is 5.08. The largest absolute Gasteiger partial charge is 0.444 e. The van der Waals surface area contributed by atoms with Gasteiger partial charge in [-0.3, -0.25) is 5.32 Å². The molecule has 0 unspecified atom stereocenters. The number of ether oxygens (including phenoxy) is 1. The number of carbonyl (C=O) groups is 1. The first-order chi connectivity index (χ1) is 7.31. The number of aliphatic hydroxyl groups is 1. The molecular formula is C11H18N2O3. The number of hydrogen-bond acceptors (Lipinski definition) is 3. The Morgan fingerprint density at radius 3 is 2.62 bits per heavy atom. The Hall–Kier alpha value is -1.49. The summed E-state index contributed by atoms with van der Waals surface area (Å²) in [6.07, 6.45) is 1.22. The lowest BCUT2D eigenvalue weighted by molar-refractivity contribution is 0.0636. The van der Waals surface area contributed by atoms with Gasteiger partial charge in [-0.2, -0.15) is 0 Å². The van der Waals surface area contributed by atoms with Gasteiger partial charge in [-0.05, 0) is 26.8 Å². The third kappa shape index (κ3) is 3.58. The maximum Gasteiger partial charge on any atom is 0.412 e. The van der Waals surface area contributed by atoms with Gasteiger partial charge in [-0.15, -0.1) is 0 Å². The molecule has 1 rings (SSSR count). The maximum absolute atomic E-state index is 11.4. The van der Waals surface area contributed by atoms with E-state index in [1.54, 1.807) is 44.6 Å². The predicted octanol–water partition coefficient (Wildman–Crippen LogP) is 1.86. The topological polar surface area (TPSA) is 63.5 Å². The maximum atomic E-state index is 11.4. The second kappa shape index (κ2) is 4.57. The van der Waals surface area contributed by atoms with Crippen LogP contribution >= 0.6 is 0 Å². The summed E-state index contributed by atoms with van der Waals surface area (Å²) in [7, 11) is 1.80. The lowest BCUT2D eigenvalue weighted by Crippen LogP contribution is -2.27. The fourth-order valence-corrected chi connectivity index (χ4v) is 1.26. The fraction of sp³-hybridized carbons (Fsp3) is 0.545. The summed E-state index contributed by atoms with van der Waals surface area (Å²) >= 11 is 0. The van der Waals surface area contributed by atoms with Crippen LogP contribution in [0.3, 0.4) is 0 Å². The number of anilines is 1. The van der Waals surface area contributed by atoms with Gasteiger partial charge < -0.3 is 14.4 Å². The number of aliphatic hydroxyl groups excluding tert-OH is 1. The van der Waals surface area contributed by atoms with Crippen molar-refractivity contribution in [3.63, 3.8) is 0 Å². The van der Waals surface area contributed by atoms with E-state index in [4.69, 9.17) is 9.84 Å². The van der Waals surface area contributed by atoms with Crippen molar-refractivity contribution in [2.24, 2.45) is 7.05 Å². The molecule has 5 nitrogen and oxygen atoms in total. The fourth-order valence-electron chi connectivity index (χ4n) is 1.26. The molecule has 1 heterocycles. The van der Waals surface area contributed by atoms with E-state index < -0.39 is 11.7 Å². The van der Waals surface area contributed by atoms with Gasteiger partial charge in [0.2, 0.25) is 0 Å². The molecular weight excluding hydrogens is 208 g/mol. The summed E-state index contributed by atoms with van der Waals surface area (Å²) in [5.74, 6) is 0. The van der Waals surface area contributed by atoms with Crippen molar-refractivity contribution in [1.29, 1.82) is 0 Å². The van der Waals surface area contributed by atoms with Gasteiger partial charge in [-0.1, -0.05) is 0 Å². The molecule has 0 spiro atoms. The molecule has 0 aliphatic heterocycles. The second-order valence-electron chi connectivity index (χ2n) is 4.62. The van der Waals surface area contributed by atoms with Gasteiger partial charge in [-0.25, -0.2) is 4.79 Å². The quantitative estimate of drug-likeness (QED) is 0.809. The standard InChI is InChI=1S/C11H18N2O3/c1-11(2,3)16-10(15)12-8-5-9(7-14)13(4)6-8/h5-6,14H,7H2,1-4H3,(H,12,15). The molecule has 90 valence electrons. The SMILES string of the molecule is Cn1cc(NC(=O)OC(C)(C)C)cc1CO. The number of rotatable bonds is 2. The molecule has 16 heavy (non-hydrogen) atoms. The highest BCUT2D eigenvalue weighted by atomic mass is 16.6. The molecule has 2 N–H and O–H groups in total. The first-order valence-electron chi connectivity index (χ1n) is 5.08. The van der Waals surface area contributed by atoms with Crippen LogP contribution in [-0.4, -0.2) is 21.4 Å². The van der Waals surface area contributed by atoms with Crippen molar-refractivity contribution in [3.05, 3.63) is 18.0 Å². The number of carbonyl (C=O) groups excluding carboxylic acids is 1. The van der Waals surface area contributed by atoms with Crippen molar-refractivity contribution < 1.29 is 14.6 Å². The van der Waals surface area contributed by atoms with Crippen LogP contribution in [0.2, 0.25) is 0 Å². The molecule has 1 aromatic heterocycles. The molecule has 0 aliphatic rings. The van der Waals surface area contributed by atoms with Crippen LogP contribution < -0.4 is 5.32 Å². The summed E-state index contributed by atoms with van der Waals surface area (Å²) in [5.41, 5.74) is 0.824. The average molecular weight is 226 g/mol. The van der Waals surface area contributed by atoms with E-state index in [1.807, 2.05) is 0 Å². The number of nitrogens with zero attached hydrogens (tertiary/aromatic N) is 1. The van der Waals surface area contributed by atoms with E-state index in [0.717, 1.165) is 5.69 Å². The van der Waals surface area contributed by atoms with E-state index in [9.17, 15) is 4.79 Å². The predicted molar refractivity (Wildman–Crippen MR) is 61.2 cm³/mol. The first kappa shape index (κ1) is 12.6. The van der Waals surface area contributed by atoms with Gasteiger partial charge in [0.25, 0.3) is 0 Å². The van der Waals surface area contributed by atoms with E-state index >= 15 is 0 Å². The Balaban J connectivity index is 2.63. The molecule has 0 aliphatic carbocycles. The molecule has 0 saturated carbocycles. The minimum atomic E-state index is -0.515. The van der Waals surface area contributed by atoms with E-state index in [-0.39, 0.29) is 6.61 Å². The van der Waals surface area contributed by atoms with Crippen LogP contribution in [0, 0.1) is 0 Å². The van der Waals surface area contributed by atoms with Crippen molar-refractivity contribution in [2.75, 3.05) is 5.32 Å². The van der Waals surface area contributed by atoms with Crippen LogP contribution in [0.5, 0.6) is 0 Å². The van der Waals surface area contributed by atoms with Gasteiger partial charge in [0, 0.05) is 18.9 Å². The lowest BCUT2D eigenvalue weighted by atomic mass is 10.2. The highest BCUT2D eigenvalue weighted by Crippen LogP contribution is 2.14. The van der Waals surface area contributed by atoms with Gasteiger partial charge in [0.1, 0.15) is 5.60 Å². The molecule has 0 aromatic carbocycles. The zero-order valence-corrected chi connectivity index (χ0v) is 10.1. The van der Waals surface area contributed by atoms with E-state index in [0.29, 0.717) is 5.69 Å². The molecule has 1 amide bonds. The van der Waals surface area contributed by atoms with Crippen molar-refractivity contribution in [2.45, 2.75) is 33.0 Å². The Labute approximate surface area is 95.0 Å². The Kier molecular flexibility index (Phi) is 3.59.